The van der Waals surface area contributed by atoms with Crippen molar-refractivity contribution in [2.24, 2.45) is 5.92 Å². The fourth-order valence-electron chi connectivity index (χ4n) is 2.40. The molecule has 1 saturated carbocycles. The molecule has 0 saturated heterocycles. The first-order chi connectivity index (χ1) is 7.25. The Bertz CT molecular complexity index is 329. The molecule has 0 aromatic heterocycles. The first kappa shape index (κ1) is 10.5. The number of anilines is 1. The summed E-state index contributed by atoms with van der Waals surface area (Å²) in [5.41, 5.74) is 6.76. The molecule has 1 aliphatic rings. The Morgan fingerprint density at radius 1 is 1.27 bits per heavy atom. The van der Waals surface area contributed by atoms with Gasteiger partial charge in [0.1, 0.15) is 5.82 Å². The van der Waals surface area contributed by atoms with Gasteiger partial charge < -0.3 is 5.73 Å². The van der Waals surface area contributed by atoms with E-state index in [1.165, 1.54) is 32.1 Å². The summed E-state index contributed by atoms with van der Waals surface area (Å²) in [5.74, 6) is 0.588. The van der Waals surface area contributed by atoms with Gasteiger partial charge in [-0.05, 0) is 36.5 Å². The van der Waals surface area contributed by atoms with E-state index in [2.05, 4.69) is 0 Å². The highest BCUT2D eigenvalue weighted by atomic mass is 19.1. The molecule has 0 bridgehead atoms. The summed E-state index contributed by atoms with van der Waals surface area (Å²) in [6.07, 6.45) is 7.65. The van der Waals surface area contributed by atoms with Crippen molar-refractivity contribution in [1.82, 2.24) is 0 Å². The van der Waals surface area contributed by atoms with E-state index in [9.17, 15) is 4.39 Å². The fraction of sp³-hybridized carbons (Fsp3) is 0.538. The normalized spacial score (nSPS) is 17.1. The molecule has 0 amide bonds. The van der Waals surface area contributed by atoms with E-state index in [1.54, 1.807) is 12.1 Å². The van der Waals surface area contributed by atoms with Crippen LogP contribution in [0.25, 0.3) is 0 Å². The molecular formula is C13H18FN. The Labute approximate surface area is 90.5 Å². The summed E-state index contributed by atoms with van der Waals surface area (Å²) in [4.78, 5) is 0. The molecule has 2 N–H and O–H groups in total. The number of nitrogen functional groups attached to an aromatic ring is 1. The largest absolute Gasteiger partial charge is 0.396 e. The van der Waals surface area contributed by atoms with E-state index in [-0.39, 0.29) is 11.5 Å². The van der Waals surface area contributed by atoms with Gasteiger partial charge in [-0.1, -0.05) is 31.7 Å². The van der Waals surface area contributed by atoms with E-state index >= 15 is 0 Å². The van der Waals surface area contributed by atoms with Gasteiger partial charge in [0.15, 0.2) is 0 Å². The number of nitrogens with two attached hydrogens (primary N) is 1. The van der Waals surface area contributed by atoms with Gasteiger partial charge in [0, 0.05) is 0 Å². The molecule has 0 heterocycles. The molecular weight excluding hydrogens is 189 g/mol. The number of benzene rings is 1. The van der Waals surface area contributed by atoms with Crippen LogP contribution in [0.3, 0.4) is 0 Å². The second-order valence-electron chi connectivity index (χ2n) is 4.55. The second kappa shape index (κ2) is 4.65. The zero-order chi connectivity index (χ0) is 10.7. The van der Waals surface area contributed by atoms with Crippen molar-refractivity contribution in [3.8, 4) is 0 Å². The monoisotopic (exact) mass is 207 g/mol. The molecule has 1 aromatic carbocycles. The van der Waals surface area contributed by atoms with Crippen LogP contribution in [-0.4, -0.2) is 0 Å². The molecule has 1 aromatic rings. The highest BCUT2D eigenvalue weighted by Gasteiger charge is 2.14. The molecule has 1 nitrogen and oxygen atoms in total. The van der Waals surface area contributed by atoms with Gasteiger partial charge in [-0.25, -0.2) is 4.39 Å². The molecule has 0 unspecified atom stereocenters. The maximum atomic E-state index is 13.2. The molecule has 1 fully saturated rings. The van der Waals surface area contributed by atoms with Crippen LogP contribution in [0.15, 0.2) is 18.2 Å². The molecule has 82 valence electrons. The van der Waals surface area contributed by atoms with E-state index in [4.69, 9.17) is 5.73 Å². The molecule has 0 spiro atoms. The van der Waals surface area contributed by atoms with Gasteiger partial charge in [-0.2, -0.15) is 0 Å². The van der Waals surface area contributed by atoms with Crippen LogP contribution in [0, 0.1) is 11.7 Å². The van der Waals surface area contributed by atoms with Gasteiger partial charge in [0.05, 0.1) is 5.69 Å². The van der Waals surface area contributed by atoms with E-state index in [0.29, 0.717) is 0 Å². The van der Waals surface area contributed by atoms with Crippen LogP contribution in [0.2, 0.25) is 0 Å². The quantitative estimate of drug-likeness (QED) is 0.754. The van der Waals surface area contributed by atoms with Crippen LogP contribution in [0.4, 0.5) is 10.1 Å². The summed E-state index contributed by atoms with van der Waals surface area (Å²) < 4.78 is 13.2. The lowest BCUT2D eigenvalue weighted by molar-refractivity contribution is 0.503. The molecule has 0 radical (unpaired) electrons. The van der Waals surface area contributed by atoms with Crippen LogP contribution in [0.5, 0.6) is 0 Å². The lowest BCUT2D eigenvalue weighted by atomic mass is 9.98. The predicted molar refractivity (Wildman–Crippen MR) is 61.1 cm³/mol. The lowest BCUT2D eigenvalue weighted by Gasteiger charge is -2.08. The van der Waals surface area contributed by atoms with Crippen molar-refractivity contribution in [3.63, 3.8) is 0 Å². The van der Waals surface area contributed by atoms with Crippen LogP contribution >= 0.6 is 0 Å². The van der Waals surface area contributed by atoms with E-state index in [1.807, 2.05) is 6.07 Å². The third-order valence-electron chi connectivity index (χ3n) is 3.38. The fourth-order valence-corrected chi connectivity index (χ4v) is 2.40. The Balaban J connectivity index is 1.90. The van der Waals surface area contributed by atoms with Gasteiger partial charge >= 0.3 is 0 Å². The number of rotatable bonds is 3. The Hall–Kier alpha value is -1.05. The molecule has 15 heavy (non-hydrogen) atoms. The van der Waals surface area contributed by atoms with Crippen LogP contribution in [0.1, 0.15) is 37.7 Å². The van der Waals surface area contributed by atoms with Crippen molar-refractivity contribution in [3.05, 3.63) is 29.6 Å². The smallest absolute Gasteiger partial charge is 0.146 e. The first-order valence-corrected chi connectivity index (χ1v) is 5.79. The Kier molecular flexibility index (Phi) is 3.24. The van der Waals surface area contributed by atoms with Crippen molar-refractivity contribution in [2.45, 2.75) is 38.5 Å². The van der Waals surface area contributed by atoms with Gasteiger partial charge in [0.2, 0.25) is 0 Å². The van der Waals surface area contributed by atoms with Crippen molar-refractivity contribution >= 4 is 5.69 Å². The Morgan fingerprint density at radius 3 is 2.67 bits per heavy atom. The van der Waals surface area contributed by atoms with Gasteiger partial charge in [-0.3, -0.25) is 0 Å². The average Bonchev–Trinajstić information content (AvgIpc) is 2.73. The summed E-state index contributed by atoms with van der Waals surface area (Å²) in [6, 6.07) is 5.18. The van der Waals surface area contributed by atoms with Crippen molar-refractivity contribution in [1.29, 1.82) is 0 Å². The third-order valence-corrected chi connectivity index (χ3v) is 3.38. The maximum Gasteiger partial charge on any atom is 0.146 e. The second-order valence-corrected chi connectivity index (χ2v) is 4.55. The van der Waals surface area contributed by atoms with Gasteiger partial charge in [0.25, 0.3) is 0 Å². The van der Waals surface area contributed by atoms with E-state index in [0.717, 1.165) is 17.9 Å². The number of aryl methyl sites for hydroxylation is 1. The molecule has 0 atom stereocenters. The SMILES string of the molecule is Nc1ccc(CCC2CCCC2)cc1F. The minimum absolute atomic E-state index is 0.250. The highest BCUT2D eigenvalue weighted by molar-refractivity contribution is 5.41. The molecule has 0 aliphatic heterocycles. The standard InChI is InChI=1S/C13H18FN/c14-12-9-11(7-8-13(12)15)6-5-10-3-1-2-4-10/h7-10H,1-6,15H2. The maximum absolute atomic E-state index is 13.2. The predicted octanol–water partition coefficient (Wildman–Crippen LogP) is 3.53. The van der Waals surface area contributed by atoms with Gasteiger partial charge in [-0.15, -0.1) is 0 Å². The summed E-state index contributed by atoms with van der Waals surface area (Å²) in [5, 5.41) is 0. The zero-order valence-corrected chi connectivity index (χ0v) is 9.01. The number of halogens is 1. The van der Waals surface area contributed by atoms with Crippen LogP contribution in [-0.2, 0) is 6.42 Å². The summed E-state index contributed by atoms with van der Waals surface area (Å²) >= 11 is 0. The molecule has 2 heteroatoms. The minimum Gasteiger partial charge on any atom is -0.396 e. The average molecular weight is 207 g/mol. The summed E-state index contributed by atoms with van der Waals surface area (Å²) in [6.45, 7) is 0. The van der Waals surface area contributed by atoms with Crippen LogP contribution < -0.4 is 5.73 Å². The Morgan fingerprint density at radius 2 is 2.00 bits per heavy atom. The van der Waals surface area contributed by atoms with Crippen molar-refractivity contribution < 1.29 is 4.39 Å². The number of hydrogen-bond acceptors (Lipinski definition) is 1. The number of hydrogen-bond donors (Lipinski definition) is 1. The zero-order valence-electron chi connectivity index (χ0n) is 9.01. The minimum atomic E-state index is -0.279. The molecule has 1 aliphatic carbocycles. The first-order valence-electron chi connectivity index (χ1n) is 5.79. The van der Waals surface area contributed by atoms with Crippen molar-refractivity contribution in [2.75, 3.05) is 5.73 Å². The highest BCUT2D eigenvalue weighted by Crippen LogP contribution is 2.28. The topological polar surface area (TPSA) is 26.0 Å². The third kappa shape index (κ3) is 2.71. The van der Waals surface area contributed by atoms with E-state index < -0.39 is 0 Å². The summed E-state index contributed by atoms with van der Waals surface area (Å²) in [7, 11) is 0. The molecule has 2 rings (SSSR count). The lowest BCUT2D eigenvalue weighted by Crippen LogP contribution is -1.98.